The Kier molecular flexibility index (Phi) is 9.94. The average Bonchev–Trinajstić information content (AvgIpc) is 3.23. The van der Waals surface area contributed by atoms with Gasteiger partial charge < -0.3 is 31.8 Å². The molecule has 2 aromatic rings. The normalized spacial score (nSPS) is 15.6. The van der Waals surface area contributed by atoms with Crippen LogP contribution in [-0.2, 0) is 25.6 Å². The summed E-state index contributed by atoms with van der Waals surface area (Å²) in [7, 11) is 0. The molecular formula is C23H33N5O5S. The first-order valence-corrected chi connectivity index (χ1v) is 11.8. The summed E-state index contributed by atoms with van der Waals surface area (Å²) in [6.45, 7) is 5.08. The predicted molar refractivity (Wildman–Crippen MR) is 132 cm³/mol. The zero-order valence-electron chi connectivity index (χ0n) is 19.5. The Hall–Kier alpha value is -3.05. The number of carboxylic acid groups (broad SMARTS) is 1. The molecule has 1 aromatic heterocycles. The van der Waals surface area contributed by atoms with Crippen LogP contribution in [0.5, 0.6) is 0 Å². The molecule has 1 aromatic carbocycles. The molecule has 0 saturated heterocycles. The fourth-order valence-corrected chi connectivity index (χ4v) is 3.61. The van der Waals surface area contributed by atoms with Gasteiger partial charge in [0.15, 0.2) is 0 Å². The summed E-state index contributed by atoms with van der Waals surface area (Å²) < 4.78 is 0. The molecule has 11 heteroatoms. The van der Waals surface area contributed by atoms with Crippen LogP contribution in [0.25, 0.3) is 10.9 Å². The summed E-state index contributed by atoms with van der Waals surface area (Å²) >= 11 is 4.17. The lowest BCUT2D eigenvalue weighted by Gasteiger charge is -2.25. The number of fused-ring (bicyclic) bond motifs is 1. The van der Waals surface area contributed by atoms with Crippen LogP contribution in [0.1, 0.15) is 32.8 Å². The molecule has 5 unspecified atom stereocenters. The Labute approximate surface area is 203 Å². The van der Waals surface area contributed by atoms with Gasteiger partial charge in [0.1, 0.15) is 18.1 Å². The van der Waals surface area contributed by atoms with Gasteiger partial charge in [-0.05, 0) is 24.5 Å². The number of carbonyl (C=O) groups excluding carboxylic acids is 3. The number of aromatic amines is 1. The molecule has 1 heterocycles. The smallest absolute Gasteiger partial charge is 0.325 e. The topological polar surface area (TPSA) is 166 Å². The van der Waals surface area contributed by atoms with Gasteiger partial charge >= 0.3 is 5.97 Å². The van der Waals surface area contributed by atoms with Gasteiger partial charge in [0.25, 0.3) is 0 Å². The first-order chi connectivity index (χ1) is 16.1. The molecule has 0 aliphatic rings. The maximum atomic E-state index is 13.0. The lowest BCUT2D eigenvalue weighted by Crippen LogP contribution is -2.58. The molecule has 2 rings (SSSR count). The van der Waals surface area contributed by atoms with Gasteiger partial charge in [0, 0.05) is 29.3 Å². The van der Waals surface area contributed by atoms with E-state index in [1.54, 1.807) is 6.20 Å². The lowest BCUT2D eigenvalue weighted by molar-refractivity contribution is -0.141. The van der Waals surface area contributed by atoms with E-state index < -0.39 is 47.9 Å². The second-order valence-corrected chi connectivity index (χ2v) is 8.71. The second-order valence-electron chi connectivity index (χ2n) is 8.35. The summed E-state index contributed by atoms with van der Waals surface area (Å²) in [6.07, 6.45) is 2.54. The third-order valence-electron chi connectivity index (χ3n) is 5.84. The van der Waals surface area contributed by atoms with Crippen LogP contribution in [0.2, 0.25) is 0 Å². The van der Waals surface area contributed by atoms with Crippen molar-refractivity contribution in [2.45, 2.75) is 57.8 Å². The zero-order chi connectivity index (χ0) is 25.4. The third-order valence-corrected chi connectivity index (χ3v) is 6.20. The van der Waals surface area contributed by atoms with Crippen LogP contribution >= 0.6 is 12.6 Å². The number of H-pyrrole nitrogens is 1. The highest BCUT2D eigenvalue weighted by atomic mass is 32.1. The van der Waals surface area contributed by atoms with Crippen molar-refractivity contribution < 1.29 is 24.3 Å². The van der Waals surface area contributed by atoms with Gasteiger partial charge in [-0.2, -0.15) is 12.6 Å². The summed E-state index contributed by atoms with van der Waals surface area (Å²) in [5.74, 6) is -3.07. The molecular weight excluding hydrogens is 458 g/mol. The highest BCUT2D eigenvalue weighted by Gasteiger charge is 2.30. The molecule has 186 valence electrons. The van der Waals surface area contributed by atoms with E-state index in [2.05, 4.69) is 33.6 Å². The molecule has 0 radical (unpaired) electrons. The van der Waals surface area contributed by atoms with Crippen molar-refractivity contribution in [2.24, 2.45) is 11.7 Å². The number of aromatic nitrogens is 1. The van der Waals surface area contributed by atoms with Gasteiger partial charge in [-0.25, -0.2) is 0 Å². The van der Waals surface area contributed by atoms with Crippen LogP contribution < -0.4 is 21.7 Å². The minimum Gasteiger partial charge on any atom is -0.480 e. The first kappa shape index (κ1) is 27.2. The van der Waals surface area contributed by atoms with Gasteiger partial charge in [-0.1, -0.05) is 38.5 Å². The monoisotopic (exact) mass is 491 g/mol. The maximum absolute atomic E-state index is 13.0. The van der Waals surface area contributed by atoms with Crippen molar-refractivity contribution in [1.82, 2.24) is 20.9 Å². The van der Waals surface area contributed by atoms with Gasteiger partial charge in [0.2, 0.25) is 17.7 Å². The molecule has 5 atom stereocenters. The number of aliphatic carboxylic acids is 1. The first-order valence-electron chi connectivity index (χ1n) is 11.1. The third kappa shape index (κ3) is 6.97. The van der Waals surface area contributed by atoms with Crippen LogP contribution in [0.4, 0.5) is 0 Å². The molecule has 34 heavy (non-hydrogen) atoms. The fourth-order valence-electron chi connectivity index (χ4n) is 3.35. The number of benzene rings is 1. The van der Waals surface area contributed by atoms with Crippen LogP contribution in [0.15, 0.2) is 30.5 Å². The van der Waals surface area contributed by atoms with Crippen LogP contribution in [-0.4, -0.2) is 63.7 Å². The van der Waals surface area contributed by atoms with Crippen molar-refractivity contribution in [1.29, 1.82) is 0 Å². The Balaban J connectivity index is 2.21. The summed E-state index contributed by atoms with van der Waals surface area (Å²) in [4.78, 5) is 52.7. The largest absolute Gasteiger partial charge is 0.480 e. The lowest BCUT2D eigenvalue weighted by atomic mass is 9.99. The number of hydrogen-bond donors (Lipinski definition) is 7. The average molecular weight is 492 g/mol. The number of carbonyl (C=O) groups is 4. The van der Waals surface area contributed by atoms with Crippen molar-refractivity contribution in [3.63, 3.8) is 0 Å². The standard InChI is InChI=1S/C23H33N5O5S/c1-4-12(2)19(24)22(31)28-18(11-34)21(30)27-17(20(29)26-13(3)23(32)33)9-14-10-25-16-8-6-5-7-15(14)16/h5-8,10,12-13,17-19,25,34H,4,9,11,24H2,1-3H3,(H,26,29)(H,27,30)(H,28,31)(H,32,33). The number of amides is 3. The number of thiol groups is 1. The summed E-state index contributed by atoms with van der Waals surface area (Å²) in [5, 5.41) is 17.7. The molecule has 0 fully saturated rings. The minimum absolute atomic E-state index is 0.0161. The fraction of sp³-hybridized carbons (Fsp3) is 0.478. The Morgan fingerprint density at radius 2 is 1.65 bits per heavy atom. The molecule has 0 bridgehead atoms. The van der Waals surface area contributed by atoms with Crippen molar-refractivity contribution in [3.8, 4) is 0 Å². The number of carboxylic acids is 1. The zero-order valence-corrected chi connectivity index (χ0v) is 20.4. The number of nitrogens with one attached hydrogen (secondary N) is 4. The molecule has 0 aliphatic carbocycles. The Morgan fingerprint density at radius 3 is 2.26 bits per heavy atom. The predicted octanol–water partition coefficient (Wildman–Crippen LogP) is 0.573. The van der Waals surface area contributed by atoms with Crippen molar-refractivity contribution in [2.75, 3.05) is 5.75 Å². The van der Waals surface area contributed by atoms with Crippen molar-refractivity contribution in [3.05, 3.63) is 36.0 Å². The van der Waals surface area contributed by atoms with Crippen LogP contribution in [0.3, 0.4) is 0 Å². The molecule has 0 saturated carbocycles. The Morgan fingerprint density at radius 1 is 1.03 bits per heavy atom. The van der Waals surface area contributed by atoms with Gasteiger partial charge in [-0.3, -0.25) is 19.2 Å². The summed E-state index contributed by atoms with van der Waals surface area (Å²) in [6, 6.07) is 3.43. The Bertz CT molecular complexity index is 1030. The number of rotatable bonds is 12. The maximum Gasteiger partial charge on any atom is 0.325 e. The molecule has 0 spiro atoms. The molecule has 10 nitrogen and oxygen atoms in total. The van der Waals surface area contributed by atoms with E-state index in [0.717, 1.165) is 16.5 Å². The number of hydrogen-bond acceptors (Lipinski definition) is 6. The number of para-hydroxylation sites is 1. The van der Waals surface area contributed by atoms with Gasteiger partial charge in [0.05, 0.1) is 6.04 Å². The van der Waals surface area contributed by atoms with Crippen molar-refractivity contribution >= 4 is 47.2 Å². The minimum atomic E-state index is -1.20. The summed E-state index contributed by atoms with van der Waals surface area (Å²) in [5.41, 5.74) is 7.59. The molecule has 7 N–H and O–H groups in total. The van der Waals surface area contributed by atoms with E-state index in [0.29, 0.717) is 6.42 Å². The van der Waals surface area contributed by atoms with E-state index in [1.807, 2.05) is 38.1 Å². The quantitative estimate of drug-likeness (QED) is 0.214. The van der Waals surface area contributed by atoms with E-state index in [4.69, 9.17) is 10.8 Å². The van der Waals surface area contributed by atoms with E-state index in [-0.39, 0.29) is 18.1 Å². The second kappa shape index (κ2) is 12.4. The van der Waals surface area contributed by atoms with E-state index >= 15 is 0 Å². The molecule has 3 amide bonds. The number of nitrogens with two attached hydrogens (primary N) is 1. The van der Waals surface area contributed by atoms with E-state index in [1.165, 1.54) is 6.92 Å². The van der Waals surface area contributed by atoms with Gasteiger partial charge in [-0.15, -0.1) is 0 Å². The molecule has 0 aliphatic heterocycles. The highest BCUT2D eigenvalue weighted by molar-refractivity contribution is 7.80. The SMILES string of the molecule is CCC(C)C(N)C(=O)NC(CS)C(=O)NC(Cc1c[nH]c2ccccc12)C(=O)NC(C)C(=O)O. The van der Waals surface area contributed by atoms with E-state index in [9.17, 15) is 19.2 Å². The van der Waals surface area contributed by atoms with Crippen LogP contribution in [0, 0.1) is 5.92 Å². The highest BCUT2D eigenvalue weighted by Crippen LogP contribution is 2.19.